The van der Waals surface area contributed by atoms with E-state index < -0.39 is 0 Å². The van der Waals surface area contributed by atoms with Crippen molar-refractivity contribution in [3.05, 3.63) is 17.0 Å². The number of anilines is 2. The van der Waals surface area contributed by atoms with E-state index in [9.17, 15) is 10.2 Å². The molecule has 0 spiro atoms. The van der Waals surface area contributed by atoms with Gasteiger partial charge >= 0.3 is 0 Å². The van der Waals surface area contributed by atoms with E-state index in [4.69, 9.17) is 4.98 Å². The van der Waals surface area contributed by atoms with Crippen molar-refractivity contribution in [2.45, 2.75) is 114 Å². The molecule has 6 aliphatic rings. The molecular weight excluding hydrogens is 512 g/mol. The first-order valence-corrected chi connectivity index (χ1v) is 17.2. The van der Waals surface area contributed by atoms with Crippen LogP contribution >= 0.6 is 0 Å². The molecule has 1 aromatic heterocycles. The fourth-order valence-corrected chi connectivity index (χ4v) is 9.19. The highest BCUT2D eigenvalue weighted by Crippen LogP contribution is 2.55. The molecule has 3 N–H and O–H groups in total. The molecule has 8 nitrogen and oxygen atoms in total. The summed E-state index contributed by atoms with van der Waals surface area (Å²) in [5.41, 5.74) is 7.47. The Hall–Kier alpha value is -1.45. The number of nitrogens with one attached hydrogen (secondary N) is 1. The Bertz CT molecular complexity index is 1050. The van der Waals surface area contributed by atoms with Crippen LogP contribution in [0.2, 0.25) is 0 Å². The molecule has 5 heterocycles. The standard InChI is InChI=1S/C33H54N6O2/c1-23-21-24(34-11-18-36-14-7-25(40)8-15-36)22-28-30(23)32-33-31(35-28)27-5-2-3-6-29(27)39(33)13-4-12-38(32)20-19-37-16-9-26(41)10-17-37/h23-27,29,34,40-41H,2-22H2,1H3. The number of aliphatic hydroxyl groups excluding tert-OH is 2. The van der Waals surface area contributed by atoms with Crippen LogP contribution in [0.1, 0.15) is 99.9 Å². The van der Waals surface area contributed by atoms with Crippen molar-refractivity contribution >= 4 is 11.4 Å². The lowest BCUT2D eigenvalue weighted by Crippen LogP contribution is -2.44. The number of fused-ring (bicyclic) bond motifs is 5. The van der Waals surface area contributed by atoms with Crippen molar-refractivity contribution in [3.8, 4) is 0 Å². The van der Waals surface area contributed by atoms with Gasteiger partial charge < -0.3 is 35.1 Å². The number of piperidine rings is 2. The third-order valence-electron chi connectivity index (χ3n) is 11.4. The van der Waals surface area contributed by atoms with Crippen LogP contribution in [0.25, 0.3) is 0 Å². The topological polar surface area (TPSA) is 78.3 Å². The summed E-state index contributed by atoms with van der Waals surface area (Å²) in [5, 5.41) is 23.8. The zero-order valence-corrected chi connectivity index (χ0v) is 25.4. The van der Waals surface area contributed by atoms with Gasteiger partial charge in [0.05, 0.1) is 29.3 Å². The average Bonchev–Trinajstić information content (AvgIpc) is 3.15. The third kappa shape index (κ3) is 5.76. The van der Waals surface area contributed by atoms with Crippen molar-refractivity contribution in [1.82, 2.24) is 20.1 Å². The zero-order chi connectivity index (χ0) is 27.9. The molecule has 4 aliphatic heterocycles. The number of likely N-dealkylation sites (tertiary alicyclic amines) is 2. The lowest BCUT2D eigenvalue weighted by molar-refractivity contribution is 0.0825. The molecule has 1 aromatic rings. The van der Waals surface area contributed by atoms with E-state index in [1.54, 1.807) is 11.3 Å². The summed E-state index contributed by atoms with van der Waals surface area (Å²) in [6.07, 6.45) is 12.3. The minimum atomic E-state index is -0.105. The Morgan fingerprint density at radius 2 is 1.49 bits per heavy atom. The first kappa shape index (κ1) is 28.3. The van der Waals surface area contributed by atoms with Gasteiger partial charge in [0.25, 0.3) is 0 Å². The molecule has 2 aliphatic carbocycles. The van der Waals surface area contributed by atoms with E-state index in [-0.39, 0.29) is 12.2 Å². The number of aliphatic hydroxyl groups is 2. The summed E-state index contributed by atoms with van der Waals surface area (Å²) in [4.78, 5) is 16.3. The van der Waals surface area contributed by atoms with E-state index in [0.717, 1.165) is 91.0 Å². The largest absolute Gasteiger partial charge is 0.393 e. The molecule has 0 amide bonds. The van der Waals surface area contributed by atoms with E-state index in [0.29, 0.717) is 23.9 Å². The van der Waals surface area contributed by atoms with Gasteiger partial charge in [0.2, 0.25) is 0 Å². The molecule has 1 saturated carbocycles. The molecule has 8 heteroatoms. The number of pyridine rings is 1. The Kier molecular flexibility index (Phi) is 8.48. The second-order valence-corrected chi connectivity index (χ2v) is 14.2. The molecular formula is C33H54N6O2. The summed E-state index contributed by atoms with van der Waals surface area (Å²) in [5.74, 6) is 1.12. The Labute approximate surface area is 247 Å². The summed E-state index contributed by atoms with van der Waals surface area (Å²) < 4.78 is 0. The van der Waals surface area contributed by atoms with Gasteiger partial charge in [0, 0.05) is 101 Å². The average molecular weight is 567 g/mol. The molecule has 41 heavy (non-hydrogen) atoms. The first-order valence-electron chi connectivity index (χ1n) is 17.2. The maximum atomic E-state index is 10.0. The smallest absolute Gasteiger partial charge is 0.0832 e. The maximum absolute atomic E-state index is 10.0. The summed E-state index contributed by atoms with van der Waals surface area (Å²) in [6, 6.07) is 1.15. The molecule has 3 fully saturated rings. The fourth-order valence-electron chi connectivity index (χ4n) is 9.19. The number of nitrogens with zero attached hydrogens (tertiary/aromatic N) is 5. The molecule has 0 radical (unpaired) electrons. The highest BCUT2D eigenvalue weighted by molar-refractivity contribution is 5.82. The normalized spacial score (nSPS) is 31.6. The lowest BCUT2D eigenvalue weighted by Gasteiger charge is -2.38. The number of hydrogen-bond acceptors (Lipinski definition) is 8. The van der Waals surface area contributed by atoms with Crippen molar-refractivity contribution < 1.29 is 10.2 Å². The van der Waals surface area contributed by atoms with Crippen LogP contribution in [0.15, 0.2) is 0 Å². The summed E-state index contributed by atoms with van der Waals surface area (Å²) in [6.45, 7) is 13.2. The van der Waals surface area contributed by atoms with E-state index in [2.05, 4.69) is 31.8 Å². The van der Waals surface area contributed by atoms with Crippen molar-refractivity contribution in [2.24, 2.45) is 0 Å². The number of rotatable bonds is 7. The van der Waals surface area contributed by atoms with E-state index in [1.165, 1.54) is 62.1 Å². The van der Waals surface area contributed by atoms with Crippen LogP contribution in [0, 0.1) is 0 Å². The highest BCUT2D eigenvalue weighted by Gasteiger charge is 2.46. The quantitative estimate of drug-likeness (QED) is 0.465. The van der Waals surface area contributed by atoms with Crippen molar-refractivity contribution in [3.63, 3.8) is 0 Å². The number of aromatic nitrogens is 1. The Balaban J connectivity index is 1.13. The molecule has 228 valence electrons. The Morgan fingerprint density at radius 1 is 0.780 bits per heavy atom. The second-order valence-electron chi connectivity index (χ2n) is 14.2. The van der Waals surface area contributed by atoms with Crippen LogP contribution in [-0.2, 0) is 6.42 Å². The first-order chi connectivity index (χ1) is 20.0. The van der Waals surface area contributed by atoms with Crippen molar-refractivity contribution in [2.75, 3.05) is 75.2 Å². The maximum Gasteiger partial charge on any atom is 0.0832 e. The molecule has 0 bridgehead atoms. The van der Waals surface area contributed by atoms with E-state index in [1.807, 2.05) is 0 Å². The van der Waals surface area contributed by atoms with Gasteiger partial charge in [-0.1, -0.05) is 19.8 Å². The monoisotopic (exact) mass is 566 g/mol. The Morgan fingerprint density at radius 3 is 2.24 bits per heavy atom. The number of hydrogen-bond donors (Lipinski definition) is 3. The van der Waals surface area contributed by atoms with Crippen molar-refractivity contribution in [1.29, 1.82) is 0 Å². The second kappa shape index (κ2) is 12.3. The van der Waals surface area contributed by atoms with Gasteiger partial charge in [-0.15, -0.1) is 0 Å². The molecule has 2 saturated heterocycles. The van der Waals surface area contributed by atoms with Crippen LogP contribution in [0.4, 0.5) is 11.4 Å². The summed E-state index contributed by atoms with van der Waals surface area (Å²) in [7, 11) is 0. The minimum Gasteiger partial charge on any atom is -0.393 e. The third-order valence-corrected chi connectivity index (χ3v) is 11.4. The van der Waals surface area contributed by atoms with Crippen LogP contribution in [-0.4, -0.2) is 115 Å². The van der Waals surface area contributed by atoms with Crippen LogP contribution in [0.3, 0.4) is 0 Å². The van der Waals surface area contributed by atoms with Gasteiger partial charge in [-0.2, -0.15) is 0 Å². The highest BCUT2D eigenvalue weighted by atomic mass is 16.3. The van der Waals surface area contributed by atoms with Crippen LogP contribution in [0.5, 0.6) is 0 Å². The molecule has 7 rings (SSSR count). The molecule has 0 aromatic carbocycles. The van der Waals surface area contributed by atoms with Gasteiger partial charge in [-0.05, 0) is 57.3 Å². The SMILES string of the molecule is CC1CC(NCCN2CCC(O)CC2)Cc2nc3c4c(c21)N(CCN1CCC(O)CC1)CCCN4C1CCCCC31. The predicted octanol–water partition coefficient (Wildman–Crippen LogP) is 3.06. The minimum absolute atomic E-state index is 0.0973. The summed E-state index contributed by atoms with van der Waals surface area (Å²) >= 11 is 0. The fraction of sp³-hybridized carbons (Fsp3) is 0.848. The van der Waals surface area contributed by atoms with Gasteiger partial charge in [0.15, 0.2) is 0 Å². The van der Waals surface area contributed by atoms with Gasteiger partial charge in [-0.3, -0.25) is 4.98 Å². The molecule has 4 unspecified atom stereocenters. The molecule has 4 atom stereocenters. The van der Waals surface area contributed by atoms with E-state index >= 15 is 0 Å². The zero-order valence-electron chi connectivity index (χ0n) is 25.4. The van der Waals surface area contributed by atoms with Crippen LogP contribution < -0.4 is 15.1 Å². The van der Waals surface area contributed by atoms with Gasteiger partial charge in [0.1, 0.15) is 0 Å². The predicted molar refractivity (Wildman–Crippen MR) is 165 cm³/mol. The lowest BCUT2D eigenvalue weighted by atomic mass is 9.80. The van der Waals surface area contributed by atoms with Gasteiger partial charge in [-0.25, -0.2) is 0 Å².